The Labute approximate surface area is 111 Å². The number of halogens is 4. The van der Waals surface area contributed by atoms with Crippen LogP contribution in [0.25, 0.3) is 11.1 Å². The molecule has 0 aliphatic heterocycles. The predicted octanol–water partition coefficient (Wildman–Crippen LogP) is 4.29. The second kappa shape index (κ2) is 5.30. The lowest BCUT2D eigenvalue weighted by Crippen LogP contribution is -2.08. The Bertz CT molecular complexity index is 574. The molecule has 1 aromatic heterocycles. The largest absolute Gasteiger partial charge is 0.419 e. The lowest BCUT2D eigenvalue weighted by Gasteiger charge is -2.09. The Morgan fingerprint density at radius 1 is 1.16 bits per heavy atom. The average Bonchev–Trinajstić information content (AvgIpc) is 2.77. The molecule has 1 aromatic carbocycles. The molecule has 19 heavy (non-hydrogen) atoms. The number of rotatable bonds is 3. The first kappa shape index (κ1) is 14.0. The van der Waals surface area contributed by atoms with Crippen LogP contribution in [0.2, 0.25) is 0 Å². The molecule has 0 fully saturated rings. The molecule has 1 N–H and O–H groups in total. The van der Waals surface area contributed by atoms with E-state index in [9.17, 15) is 17.6 Å². The molecule has 0 saturated carbocycles. The fourth-order valence-corrected chi connectivity index (χ4v) is 2.63. The van der Waals surface area contributed by atoms with E-state index in [4.69, 9.17) is 0 Å². The van der Waals surface area contributed by atoms with Gasteiger partial charge in [0.05, 0.1) is 5.56 Å². The van der Waals surface area contributed by atoms with Crippen molar-refractivity contribution in [2.24, 2.45) is 0 Å². The van der Waals surface area contributed by atoms with E-state index >= 15 is 0 Å². The van der Waals surface area contributed by atoms with Gasteiger partial charge in [0, 0.05) is 11.4 Å². The number of hydrogen-bond acceptors (Lipinski definition) is 2. The quantitative estimate of drug-likeness (QED) is 0.831. The van der Waals surface area contributed by atoms with Gasteiger partial charge in [-0.15, -0.1) is 11.3 Å². The Kier molecular flexibility index (Phi) is 3.91. The SMILES string of the molecule is CNCc1cc(-c2ccc(F)c(C(F)(F)F)c2)cs1. The minimum atomic E-state index is -4.68. The van der Waals surface area contributed by atoms with Crippen LogP contribution in [0.4, 0.5) is 17.6 Å². The van der Waals surface area contributed by atoms with E-state index in [-0.39, 0.29) is 0 Å². The highest BCUT2D eigenvalue weighted by atomic mass is 32.1. The van der Waals surface area contributed by atoms with Gasteiger partial charge < -0.3 is 5.32 Å². The molecular weight excluding hydrogens is 278 g/mol. The van der Waals surface area contributed by atoms with Crippen molar-refractivity contribution in [3.05, 3.63) is 45.9 Å². The predicted molar refractivity (Wildman–Crippen MR) is 67.5 cm³/mol. The molecule has 102 valence electrons. The van der Waals surface area contributed by atoms with Crippen molar-refractivity contribution >= 4 is 11.3 Å². The molecule has 0 aliphatic carbocycles. The molecular formula is C13H11F4NS. The topological polar surface area (TPSA) is 12.0 Å². The molecule has 0 aliphatic rings. The van der Waals surface area contributed by atoms with Crippen molar-refractivity contribution in [1.29, 1.82) is 0 Å². The monoisotopic (exact) mass is 289 g/mol. The van der Waals surface area contributed by atoms with Crippen LogP contribution >= 0.6 is 11.3 Å². The molecule has 6 heteroatoms. The first-order valence-electron chi connectivity index (χ1n) is 5.51. The molecule has 0 radical (unpaired) electrons. The Hall–Kier alpha value is -1.40. The highest BCUT2D eigenvalue weighted by molar-refractivity contribution is 7.10. The third-order valence-corrected chi connectivity index (χ3v) is 3.55. The van der Waals surface area contributed by atoms with Crippen LogP contribution in [0, 0.1) is 5.82 Å². The van der Waals surface area contributed by atoms with Gasteiger partial charge in [0.25, 0.3) is 0 Å². The van der Waals surface area contributed by atoms with Gasteiger partial charge in [0.1, 0.15) is 5.82 Å². The van der Waals surface area contributed by atoms with E-state index in [1.165, 1.54) is 17.4 Å². The van der Waals surface area contributed by atoms with E-state index in [1.807, 2.05) is 0 Å². The maximum atomic E-state index is 13.2. The third kappa shape index (κ3) is 3.13. The summed E-state index contributed by atoms with van der Waals surface area (Å²) in [5, 5.41) is 4.73. The van der Waals surface area contributed by atoms with Gasteiger partial charge in [-0.1, -0.05) is 6.07 Å². The Morgan fingerprint density at radius 3 is 2.53 bits per heavy atom. The molecule has 0 atom stereocenters. The average molecular weight is 289 g/mol. The number of thiophene rings is 1. The van der Waals surface area contributed by atoms with Gasteiger partial charge in [0.15, 0.2) is 0 Å². The van der Waals surface area contributed by atoms with E-state index in [1.54, 1.807) is 18.5 Å². The van der Waals surface area contributed by atoms with Gasteiger partial charge in [0.2, 0.25) is 0 Å². The van der Waals surface area contributed by atoms with Gasteiger partial charge in [-0.3, -0.25) is 0 Å². The summed E-state index contributed by atoms with van der Waals surface area (Å²) in [5.41, 5.74) is -0.195. The lowest BCUT2D eigenvalue weighted by molar-refractivity contribution is -0.139. The van der Waals surface area contributed by atoms with Crippen LogP contribution < -0.4 is 5.32 Å². The molecule has 2 aromatic rings. The summed E-state index contributed by atoms with van der Waals surface area (Å²) in [6, 6.07) is 4.86. The normalized spacial score (nSPS) is 11.8. The van der Waals surface area contributed by atoms with Crippen molar-refractivity contribution in [3.8, 4) is 11.1 Å². The summed E-state index contributed by atoms with van der Waals surface area (Å²) >= 11 is 1.45. The van der Waals surface area contributed by atoms with Crippen molar-refractivity contribution in [2.45, 2.75) is 12.7 Å². The number of nitrogens with one attached hydrogen (secondary N) is 1. The zero-order chi connectivity index (χ0) is 14.0. The maximum absolute atomic E-state index is 13.2. The molecule has 1 nitrogen and oxygen atoms in total. The fraction of sp³-hybridized carbons (Fsp3) is 0.231. The van der Waals surface area contributed by atoms with Gasteiger partial charge in [-0.05, 0) is 41.8 Å². The highest BCUT2D eigenvalue weighted by Crippen LogP contribution is 2.35. The number of benzene rings is 1. The Morgan fingerprint density at radius 2 is 1.89 bits per heavy atom. The third-order valence-electron chi connectivity index (χ3n) is 2.61. The fourth-order valence-electron chi connectivity index (χ4n) is 1.72. The maximum Gasteiger partial charge on any atom is 0.419 e. The van der Waals surface area contributed by atoms with Gasteiger partial charge >= 0.3 is 6.18 Å². The van der Waals surface area contributed by atoms with Crippen molar-refractivity contribution in [2.75, 3.05) is 7.05 Å². The molecule has 0 saturated heterocycles. The molecule has 0 unspecified atom stereocenters. The summed E-state index contributed by atoms with van der Waals surface area (Å²) < 4.78 is 51.0. The second-order valence-electron chi connectivity index (χ2n) is 4.02. The summed E-state index contributed by atoms with van der Waals surface area (Å²) in [6.07, 6.45) is -4.68. The van der Waals surface area contributed by atoms with Gasteiger partial charge in [-0.2, -0.15) is 13.2 Å². The summed E-state index contributed by atoms with van der Waals surface area (Å²) in [5.74, 6) is -1.25. The summed E-state index contributed by atoms with van der Waals surface area (Å²) in [4.78, 5) is 1.01. The van der Waals surface area contributed by atoms with Crippen LogP contribution in [-0.4, -0.2) is 7.05 Å². The van der Waals surface area contributed by atoms with Crippen molar-refractivity contribution in [3.63, 3.8) is 0 Å². The van der Waals surface area contributed by atoms with Gasteiger partial charge in [-0.25, -0.2) is 4.39 Å². The summed E-state index contributed by atoms with van der Waals surface area (Å²) in [6.45, 7) is 0.651. The summed E-state index contributed by atoms with van der Waals surface area (Å²) in [7, 11) is 1.79. The van der Waals surface area contributed by atoms with E-state index < -0.39 is 17.6 Å². The van der Waals surface area contributed by atoms with Crippen molar-refractivity contribution in [1.82, 2.24) is 5.32 Å². The molecule has 2 rings (SSSR count). The van der Waals surface area contributed by atoms with Crippen molar-refractivity contribution < 1.29 is 17.6 Å². The second-order valence-corrected chi connectivity index (χ2v) is 5.02. The molecule has 0 spiro atoms. The molecule has 0 amide bonds. The van der Waals surface area contributed by atoms with Crippen LogP contribution in [0.15, 0.2) is 29.6 Å². The van der Waals surface area contributed by atoms with Crippen LogP contribution in [0.5, 0.6) is 0 Å². The standard InChI is InChI=1S/C13H11F4NS/c1-18-6-10-4-9(7-19-10)8-2-3-12(14)11(5-8)13(15,16)17/h2-5,7,18H,6H2,1H3. The van der Waals surface area contributed by atoms with E-state index in [2.05, 4.69) is 5.32 Å². The molecule has 1 heterocycles. The first-order valence-corrected chi connectivity index (χ1v) is 6.39. The lowest BCUT2D eigenvalue weighted by atomic mass is 10.0. The number of alkyl halides is 3. The first-order chi connectivity index (χ1) is 8.91. The van der Waals surface area contributed by atoms with Crippen LogP contribution in [-0.2, 0) is 12.7 Å². The zero-order valence-corrected chi connectivity index (χ0v) is 10.8. The van der Waals surface area contributed by atoms with Crippen LogP contribution in [0.1, 0.15) is 10.4 Å². The Balaban J connectivity index is 2.39. The van der Waals surface area contributed by atoms with E-state index in [0.29, 0.717) is 17.7 Å². The van der Waals surface area contributed by atoms with Crippen LogP contribution in [0.3, 0.4) is 0 Å². The highest BCUT2D eigenvalue weighted by Gasteiger charge is 2.34. The minimum Gasteiger partial charge on any atom is -0.315 e. The minimum absolute atomic E-state index is 0.368. The van der Waals surface area contributed by atoms with E-state index in [0.717, 1.165) is 17.0 Å². The number of hydrogen-bond donors (Lipinski definition) is 1. The zero-order valence-electron chi connectivity index (χ0n) is 10.0. The molecule has 0 bridgehead atoms. The smallest absolute Gasteiger partial charge is 0.315 e.